The Morgan fingerprint density at radius 1 is 1.39 bits per heavy atom. The highest BCUT2D eigenvalue weighted by atomic mass is 32.2. The van der Waals surface area contributed by atoms with Gasteiger partial charge in [0.15, 0.2) is 0 Å². The molecule has 0 aliphatic carbocycles. The molecule has 2 unspecified atom stereocenters. The fourth-order valence-corrected chi connectivity index (χ4v) is 2.32. The van der Waals surface area contributed by atoms with Gasteiger partial charge in [-0.3, -0.25) is 9.59 Å². The van der Waals surface area contributed by atoms with E-state index in [-0.39, 0.29) is 48.3 Å². The lowest BCUT2D eigenvalue weighted by Crippen LogP contribution is -2.45. The van der Waals surface area contributed by atoms with Gasteiger partial charge in [0.1, 0.15) is 6.04 Å². The Hall–Kier alpha value is -0.920. The molecule has 1 aliphatic rings. The van der Waals surface area contributed by atoms with Crippen LogP contribution in [0.1, 0.15) is 20.3 Å². The molecule has 0 aromatic carbocycles. The summed E-state index contributed by atoms with van der Waals surface area (Å²) < 4.78 is 36.0. The first kappa shape index (κ1) is 15.1. The molecule has 1 rings (SSSR count). The fraction of sp³-hybridized carbons (Fsp3) is 0.800. The molecule has 1 fully saturated rings. The van der Waals surface area contributed by atoms with Gasteiger partial charge in [-0.2, -0.15) is 13.2 Å². The second kappa shape index (κ2) is 5.81. The summed E-state index contributed by atoms with van der Waals surface area (Å²) in [5, 5.41) is 2.50. The van der Waals surface area contributed by atoms with Crippen LogP contribution in [0.25, 0.3) is 0 Å². The van der Waals surface area contributed by atoms with Crippen LogP contribution < -0.4 is 5.32 Å². The molecule has 0 bridgehead atoms. The van der Waals surface area contributed by atoms with E-state index < -0.39 is 11.6 Å². The second-order valence-corrected chi connectivity index (χ2v) is 5.33. The summed E-state index contributed by atoms with van der Waals surface area (Å²) >= 11 is -0.159. The first-order valence-electron chi connectivity index (χ1n) is 5.51. The summed E-state index contributed by atoms with van der Waals surface area (Å²) in [5.41, 5.74) is -4.29. The van der Waals surface area contributed by atoms with Crippen molar-refractivity contribution < 1.29 is 22.8 Å². The van der Waals surface area contributed by atoms with Crippen LogP contribution in [0, 0.1) is 0 Å². The summed E-state index contributed by atoms with van der Waals surface area (Å²) in [4.78, 5) is 24.6. The van der Waals surface area contributed by atoms with Crippen LogP contribution >= 0.6 is 11.8 Å². The number of carbonyl (C=O) groups excluding carboxylic acids is 2. The summed E-state index contributed by atoms with van der Waals surface area (Å²) in [7, 11) is 0. The molecule has 18 heavy (non-hydrogen) atoms. The van der Waals surface area contributed by atoms with E-state index in [2.05, 4.69) is 5.32 Å². The Morgan fingerprint density at radius 2 is 2.00 bits per heavy atom. The smallest absolute Gasteiger partial charge is 0.345 e. The lowest BCUT2D eigenvalue weighted by molar-refractivity contribution is -0.134. The topological polar surface area (TPSA) is 49.4 Å². The van der Waals surface area contributed by atoms with Gasteiger partial charge in [0, 0.05) is 24.8 Å². The Morgan fingerprint density at radius 3 is 2.56 bits per heavy atom. The molecule has 0 radical (unpaired) electrons. The average molecular weight is 284 g/mol. The Balaban J connectivity index is 2.60. The van der Waals surface area contributed by atoms with Crippen LogP contribution in [0.3, 0.4) is 0 Å². The SMILES string of the molecule is CC1NC(=O)CC(C)N(CCSC(F)(F)F)C1=O. The third-order valence-electron chi connectivity index (χ3n) is 2.64. The Labute approximate surface area is 107 Å². The minimum atomic E-state index is -4.29. The molecule has 4 nitrogen and oxygen atoms in total. The van der Waals surface area contributed by atoms with Gasteiger partial charge in [0.25, 0.3) is 0 Å². The average Bonchev–Trinajstić information content (AvgIpc) is 2.28. The van der Waals surface area contributed by atoms with Crippen molar-refractivity contribution in [3.8, 4) is 0 Å². The molecule has 2 atom stereocenters. The number of carbonyl (C=O) groups is 2. The molecule has 1 N–H and O–H groups in total. The lowest BCUT2D eigenvalue weighted by Gasteiger charge is -2.27. The Bertz CT molecular complexity index is 336. The van der Waals surface area contributed by atoms with Crippen molar-refractivity contribution >= 4 is 23.6 Å². The van der Waals surface area contributed by atoms with Crippen LogP contribution in [-0.4, -0.2) is 46.6 Å². The van der Waals surface area contributed by atoms with E-state index in [0.29, 0.717) is 0 Å². The fourth-order valence-electron chi connectivity index (χ4n) is 1.80. The van der Waals surface area contributed by atoms with Crippen LogP contribution in [-0.2, 0) is 9.59 Å². The zero-order valence-corrected chi connectivity index (χ0v) is 10.9. The first-order valence-corrected chi connectivity index (χ1v) is 6.50. The van der Waals surface area contributed by atoms with Crippen molar-refractivity contribution in [3.05, 3.63) is 0 Å². The molecule has 0 aromatic rings. The van der Waals surface area contributed by atoms with Gasteiger partial charge in [-0.25, -0.2) is 0 Å². The summed E-state index contributed by atoms with van der Waals surface area (Å²) in [6, 6.07) is -1.06. The maximum Gasteiger partial charge on any atom is 0.441 e. The van der Waals surface area contributed by atoms with Gasteiger partial charge < -0.3 is 10.2 Å². The molecular formula is C10H15F3N2O2S. The van der Waals surface area contributed by atoms with Crippen LogP contribution in [0.5, 0.6) is 0 Å². The quantitative estimate of drug-likeness (QED) is 0.851. The maximum absolute atomic E-state index is 12.0. The largest absolute Gasteiger partial charge is 0.441 e. The van der Waals surface area contributed by atoms with Crippen molar-refractivity contribution in [1.82, 2.24) is 10.2 Å². The van der Waals surface area contributed by atoms with Gasteiger partial charge in [-0.15, -0.1) is 0 Å². The number of nitrogens with zero attached hydrogens (tertiary/aromatic N) is 1. The lowest BCUT2D eigenvalue weighted by atomic mass is 10.2. The first-order chi connectivity index (χ1) is 8.20. The van der Waals surface area contributed by atoms with Crippen molar-refractivity contribution in [1.29, 1.82) is 0 Å². The van der Waals surface area contributed by atoms with Crippen LogP contribution in [0.2, 0.25) is 0 Å². The van der Waals surface area contributed by atoms with Gasteiger partial charge in [0.05, 0.1) is 0 Å². The van der Waals surface area contributed by atoms with E-state index in [9.17, 15) is 22.8 Å². The highest BCUT2D eigenvalue weighted by Gasteiger charge is 2.33. The highest BCUT2D eigenvalue weighted by Crippen LogP contribution is 2.30. The maximum atomic E-state index is 12.0. The summed E-state index contributed by atoms with van der Waals surface area (Å²) in [5.74, 6) is -0.814. The standard InChI is InChI=1S/C10H15F3N2O2S/c1-6-5-8(16)14-7(2)9(17)15(6)3-4-18-10(11,12)13/h6-7H,3-5H2,1-2H3,(H,14,16). The number of thioether (sulfide) groups is 1. The third-order valence-corrected chi connectivity index (χ3v) is 3.36. The number of amides is 2. The van der Waals surface area contributed by atoms with Gasteiger partial charge in [-0.1, -0.05) is 0 Å². The van der Waals surface area contributed by atoms with Crippen LogP contribution in [0.15, 0.2) is 0 Å². The molecular weight excluding hydrogens is 269 g/mol. The zero-order chi connectivity index (χ0) is 13.9. The third kappa shape index (κ3) is 4.40. The number of halogens is 3. The minimum absolute atomic E-state index is 0.0104. The molecule has 0 spiro atoms. The molecule has 1 aliphatic heterocycles. The molecule has 104 valence electrons. The van der Waals surface area contributed by atoms with Crippen molar-refractivity contribution in [2.24, 2.45) is 0 Å². The predicted molar refractivity (Wildman–Crippen MR) is 61.9 cm³/mol. The normalized spacial score (nSPS) is 25.9. The Kier molecular flexibility index (Phi) is 4.89. The number of alkyl halides is 3. The molecule has 8 heteroatoms. The van der Waals surface area contributed by atoms with Gasteiger partial charge in [0.2, 0.25) is 11.8 Å². The van der Waals surface area contributed by atoms with Crippen molar-refractivity contribution in [2.75, 3.05) is 12.3 Å². The second-order valence-electron chi connectivity index (χ2n) is 4.17. The highest BCUT2D eigenvalue weighted by molar-refractivity contribution is 8.00. The zero-order valence-electron chi connectivity index (χ0n) is 10.1. The monoisotopic (exact) mass is 284 g/mol. The minimum Gasteiger partial charge on any atom is -0.345 e. The molecule has 0 saturated carbocycles. The molecule has 2 amide bonds. The van der Waals surface area contributed by atoms with Gasteiger partial charge >= 0.3 is 5.51 Å². The van der Waals surface area contributed by atoms with Crippen LogP contribution in [0.4, 0.5) is 13.2 Å². The number of nitrogens with one attached hydrogen (secondary N) is 1. The van der Waals surface area contributed by atoms with Crippen molar-refractivity contribution in [2.45, 2.75) is 37.9 Å². The molecule has 0 aromatic heterocycles. The van der Waals surface area contributed by atoms with E-state index >= 15 is 0 Å². The van der Waals surface area contributed by atoms with E-state index in [0.717, 1.165) is 0 Å². The van der Waals surface area contributed by atoms with E-state index in [1.54, 1.807) is 6.92 Å². The molecule has 1 saturated heterocycles. The number of rotatable bonds is 3. The van der Waals surface area contributed by atoms with Crippen molar-refractivity contribution in [3.63, 3.8) is 0 Å². The molecule has 1 heterocycles. The predicted octanol–water partition coefficient (Wildman–Crippen LogP) is 1.36. The number of hydrogen-bond donors (Lipinski definition) is 1. The summed E-state index contributed by atoms with van der Waals surface area (Å²) in [6.45, 7) is 3.18. The van der Waals surface area contributed by atoms with Gasteiger partial charge in [-0.05, 0) is 25.6 Å². The van der Waals surface area contributed by atoms with E-state index in [4.69, 9.17) is 0 Å². The number of hydrogen-bond acceptors (Lipinski definition) is 3. The summed E-state index contributed by atoms with van der Waals surface area (Å²) in [6.07, 6.45) is 0.118. The van der Waals surface area contributed by atoms with E-state index in [1.165, 1.54) is 11.8 Å². The van der Waals surface area contributed by atoms with E-state index in [1.807, 2.05) is 0 Å².